The molecule has 0 amide bonds. The molecule has 0 N–H and O–H groups in total. The molecule has 0 aromatic carbocycles. The van der Waals surface area contributed by atoms with Gasteiger partial charge in [0, 0.05) is 5.54 Å². The molecule has 0 aliphatic carbocycles. The normalized spacial score (nSPS) is 19.6. The van der Waals surface area contributed by atoms with E-state index in [4.69, 9.17) is 58.0 Å². The maximum Gasteiger partial charge on any atom is 0.133 e. The summed E-state index contributed by atoms with van der Waals surface area (Å²) in [5.41, 5.74) is 1.86. The number of allylic oxidation sites excluding steroid dienone is 4. The third-order valence-corrected chi connectivity index (χ3v) is 3.86. The zero-order valence-electron chi connectivity index (χ0n) is 8.31. The Morgan fingerprint density at radius 1 is 1.31 bits per heavy atom. The van der Waals surface area contributed by atoms with Crippen molar-refractivity contribution in [3.05, 3.63) is 34.3 Å². The molecule has 0 aromatic rings. The van der Waals surface area contributed by atoms with E-state index in [0.29, 0.717) is 5.57 Å². The van der Waals surface area contributed by atoms with Crippen LogP contribution in [0.5, 0.6) is 0 Å². The van der Waals surface area contributed by atoms with Gasteiger partial charge in [0.15, 0.2) is 0 Å². The molecule has 6 heteroatoms. The van der Waals surface area contributed by atoms with E-state index in [1.54, 1.807) is 30.1 Å². The molecule has 0 heterocycles. The number of hydrogen-bond acceptors (Lipinski definition) is 0. The Balaban J connectivity index is 4.67. The van der Waals surface area contributed by atoms with Crippen LogP contribution in [0, 0.1) is 0 Å². The predicted molar refractivity (Wildman–Crippen MR) is 80.5 cm³/mol. The molecular weight excluding hydrogens is 377 g/mol. The summed E-state index contributed by atoms with van der Waals surface area (Å²) in [5.74, 6) is 0. The predicted octanol–water partition coefficient (Wildman–Crippen LogP) is 5.98. The molecule has 92 valence electrons. The van der Waals surface area contributed by atoms with Gasteiger partial charge in [0.25, 0.3) is 0 Å². The summed E-state index contributed by atoms with van der Waals surface area (Å²) in [5, 5.41) is -0.415. The maximum atomic E-state index is 6.17. The topological polar surface area (TPSA) is 0 Å². The third kappa shape index (κ3) is 6.18. The molecule has 16 heavy (non-hydrogen) atoms. The Bertz CT molecular complexity index is 294. The fraction of sp³-hybridized carbons (Fsp3) is 0.400. The Morgan fingerprint density at radius 2 is 1.88 bits per heavy atom. The van der Waals surface area contributed by atoms with Crippen LogP contribution < -0.4 is 0 Å². The second kappa shape index (κ2) is 8.29. The van der Waals surface area contributed by atoms with E-state index in [9.17, 15) is 0 Å². The van der Waals surface area contributed by atoms with Crippen LogP contribution in [0.3, 0.4) is 0 Å². The second-order valence-corrected chi connectivity index (χ2v) is 6.24. The monoisotopic (exact) mass is 384 g/mol. The van der Waals surface area contributed by atoms with Crippen LogP contribution in [0.15, 0.2) is 34.3 Å². The van der Waals surface area contributed by atoms with E-state index in [1.165, 1.54) is 5.54 Å². The smallest absolute Gasteiger partial charge is 0.116 e. The minimum Gasteiger partial charge on any atom is -0.116 e. The van der Waals surface area contributed by atoms with Crippen molar-refractivity contribution in [3.8, 4) is 0 Å². The van der Waals surface area contributed by atoms with Gasteiger partial charge in [-0.05, 0) is 17.5 Å². The summed E-state index contributed by atoms with van der Waals surface area (Å²) in [7, 11) is 0. The lowest BCUT2D eigenvalue weighted by Crippen LogP contribution is -2.24. The lowest BCUT2D eigenvalue weighted by molar-refractivity contribution is 0.800. The van der Waals surface area contributed by atoms with Crippen molar-refractivity contribution in [3.63, 3.8) is 0 Å². The molecule has 0 bridgehead atoms. The van der Waals surface area contributed by atoms with Gasteiger partial charge in [-0.15, -0.1) is 46.4 Å². The zero-order valence-corrected chi connectivity index (χ0v) is 13.7. The Labute approximate surface area is 129 Å². The van der Waals surface area contributed by atoms with Crippen LogP contribution in [0.1, 0.15) is 6.92 Å². The standard InChI is InChI=1S/C10H10BrCl5/c1-10(16,4-5-11)8(13)3-2-7(6-12)9(14)15/h2-6,8-9H,1H3/b3-2+,5-4+,7-6-/t8-,10-/m1/s1. The molecule has 2 atom stereocenters. The molecule has 0 rings (SSSR count). The highest BCUT2D eigenvalue weighted by molar-refractivity contribution is 9.11. The molecule has 0 spiro atoms. The fourth-order valence-electron chi connectivity index (χ4n) is 0.756. The molecule has 0 aromatic heterocycles. The van der Waals surface area contributed by atoms with E-state index in [2.05, 4.69) is 15.9 Å². The Hall–Kier alpha value is 1.15. The number of halogens is 6. The van der Waals surface area contributed by atoms with E-state index in [1.807, 2.05) is 0 Å². The van der Waals surface area contributed by atoms with Crippen LogP contribution in [-0.4, -0.2) is 15.1 Å². The first-order valence-electron chi connectivity index (χ1n) is 4.22. The third-order valence-electron chi connectivity index (χ3n) is 1.76. The van der Waals surface area contributed by atoms with Crippen LogP contribution in [0.4, 0.5) is 0 Å². The molecular formula is C10H10BrCl5. The van der Waals surface area contributed by atoms with Crippen molar-refractivity contribution >= 4 is 73.9 Å². The first-order chi connectivity index (χ1) is 7.35. The van der Waals surface area contributed by atoms with Crippen molar-refractivity contribution in [2.45, 2.75) is 22.0 Å². The van der Waals surface area contributed by atoms with Gasteiger partial charge in [-0.1, -0.05) is 45.8 Å². The van der Waals surface area contributed by atoms with Crippen LogP contribution in [0.2, 0.25) is 0 Å². The lowest BCUT2D eigenvalue weighted by Gasteiger charge is -2.21. The van der Waals surface area contributed by atoms with Crippen molar-refractivity contribution in [2.24, 2.45) is 0 Å². The summed E-state index contributed by atoms with van der Waals surface area (Å²) in [6, 6.07) is 0. The van der Waals surface area contributed by atoms with Gasteiger partial charge in [-0.3, -0.25) is 0 Å². The molecule has 0 unspecified atom stereocenters. The number of alkyl halides is 4. The molecule has 0 nitrogen and oxygen atoms in total. The summed E-state index contributed by atoms with van der Waals surface area (Å²) in [4.78, 5) is 0.270. The minimum atomic E-state index is -0.701. The molecule has 0 aliphatic heterocycles. The Morgan fingerprint density at radius 3 is 2.25 bits per heavy atom. The Kier molecular flexibility index (Phi) is 8.88. The van der Waals surface area contributed by atoms with Gasteiger partial charge >= 0.3 is 0 Å². The van der Waals surface area contributed by atoms with Crippen molar-refractivity contribution in [1.29, 1.82) is 0 Å². The van der Waals surface area contributed by atoms with Gasteiger partial charge in [-0.25, -0.2) is 0 Å². The molecule has 0 fully saturated rings. The van der Waals surface area contributed by atoms with Gasteiger partial charge in [0.05, 0.1) is 10.3 Å². The zero-order chi connectivity index (χ0) is 12.8. The molecule has 0 radical (unpaired) electrons. The minimum absolute atomic E-state index is 0.415. The quantitative estimate of drug-likeness (QED) is 0.402. The first kappa shape index (κ1) is 17.2. The van der Waals surface area contributed by atoms with Gasteiger partial charge < -0.3 is 0 Å². The van der Waals surface area contributed by atoms with E-state index in [0.717, 1.165) is 0 Å². The molecule has 0 aliphatic rings. The second-order valence-electron chi connectivity index (χ2n) is 3.11. The fourth-order valence-corrected chi connectivity index (χ4v) is 2.34. The average Bonchev–Trinajstić information content (AvgIpc) is 2.17. The maximum absolute atomic E-state index is 6.17. The molecule has 0 saturated heterocycles. The van der Waals surface area contributed by atoms with E-state index >= 15 is 0 Å². The van der Waals surface area contributed by atoms with Crippen molar-refractivity contribution < 1.29 is 0 Å². The summed E-state index contributed by atoms with van der Waals surface area (Å²) < 4.78 is 0. The molecule has 0 saturated carbocycles. The summed E-state index contributed by atoms with van der Waals surface area (Å²) >= 11 is 32.3. The largest absolute Gasteiger partial charge is 0.133 e. The van der Waals surface area contributed by atoms with Gasteiger partial charge in [0.1, 0.15) is 4.84 Å². The van der Waals surface area contributed by atoms with E-state index in [-0.39, 0.29) is 0 Å². The van der Waals surface area contributed by atoms with Crippen molar-refractivity contribution in [1.82, 2.24) is 0 Å². The van der Waals surface area contributed by atoms with E-state index < -0.39 is 15.1 Å². The SMILES string of the molecule is C[C@@](Cl)(/C=C/Br)[C@H](Cl)/C=C/C(=C/Cl)C(Cl)Cl. The summed E-state index contributed by atoms with van der Waals surface area (Å²) in [6.45, 7) is 1.79. The van der Waals surface area contributed by atoms with Gasteiger partial charge in [0.2, 0.25) is 0 Å². The van der Waals surface area contributed by atoms with Crippen molar-refractivity contribution in [2.75, 3.05) is 0 Å². The lowest BCUT2D eigenvalue weighted by atomic mass is 10.1. The summed E-state index contributed by atoms with van der Waals surface area (Å²) in [6.07, 6.45) is 5.07. The highest BCUT2D eigenvalue weighted by atomic mass is 79.9. The first-order valence-corrected chi connectivity index (χ1v) is 7.26. The highest BCUT2D eigenvalue weighted by Crippen LogP contribution is 2.28. The van der Waals surface area contributed by atoms with Crippen LogP contribution >= 0.6 is 73.9 Å². The average molecular weight is 387 g/mol. The van der Waals surface area contributed by atoms with Crippen LogP contribution in [-0.2, 0) is 0 Å². The van der Waals surface area contributed by atoms with Crippen LogP contribution in [0.25, 0.3) is 0 Å². The highest BCUT2D eigenvalue weighted by Gasteiger charge is 2.25. The number of hydrogen-bond donors (Lipinski definition) is 0. The number of rotatable bonds is 5. The van der Waals surface area contributed by atoms with Gasteiger partial charge in [-0.2, -0.15) is 0 Å².